The van der Waals surface area contributed by atoms with E-state index in [0.29, 0.717) is 11.5 Å². The second-order valence-corrected chi connectivity index (χ2v) is 6.54. The summed E-state index contributed by atoms with van der Waals surface area (Å²) in [5.74, 6) is -0.913. The molecule has 0 amide bonds. The maximum atomic E-state index is 9.83. The van der Waals surface area contributed by atoms with Gasteiger partial charge < -0.3 is 15.3 Å². The molecule has 0 bridgehead atoms. The van der Waals surface area contributed by atoms with E-state index in [1.54, 1.807) is 4.68 Å². The zero-order chi connectivity index (χ0) is 17.1. The van der Waals surface area contributed by atoms with Crippen molar-refractivity contribution in [1.29, 1.82) is 0 Å². The predicted octanol–water partition coefficient (Wildman–Crippen LogP) is 2.80. The molecule has 1 aromatic heterocycles. The normalized spacial score (nSPS) is 14.0. The molecule has 1 atom stereocenters. The third kappa shape index (κ3) is 3.73. The maximum Gasteiger partial charge on any atom is 0.206 e. The van der Waals surface area contributed by atoms with Crippen molar-refractivity contribution in [3.63, 3.8) is 0 Å². The van der Waals surface area contributed by atoms with Crippen molar-refractivity contribution in [1.82, 2.24) is 4.68 Å². The average molecular weight is 335 g/mol. The van der Waals surface area contributed by atoms with Gasteiger partial charge in [-0.15, -0.1) is 11.3 Å². The van der Waals surface area contributed by atoms with E-state index in [9.17, 15) is 15.3 Å². The summed E-state index contributed by atoms with van der Waals surface area (Å²) in [6.07, 6.45) is 1.42. The molecule has 1 aromatic carbocycles. The van der Waals surface area contributed by atoms with Crippen molar-refractivity contribution in [3.8, 4) is 17.2 Å². The van der Waals surface area contributed by atoms with E-state index >= 15 is 0 Å². The first-order chi connectivity index (χ1) is 10.8. The minimum Gasteiger partial charge on any atom is -0.504 e. The fourth-order valence-electron chi connectivity index (χ4n) is 1.75. The maximum absolute atomic E-state index is 9.83. The van der Waals surface area contributed by atoms with Crippen LogP contribution in [-0.4, -0.2) is 32.3 Å². The molecule has 124 valence electrons. The monoisotopic (exact) mass is 335 g/mol. The van der Waals surface area contributed by atoms with Gasteiger partial charge in [0, 0.05) is 10.9 Å². The molecule has 7 heteroatoms. The van der Waals surface area contributed by atoms with Crippen LogP contribution in [0.3, 0.4) is 0 Å². The molecule has 0 radical (unpaired) electrons. The van der Waals surface area contributed by atoms with E-state index in [-0.39, 0.29) is 11.8 Å². The Morgan fingerprint density at radius 2 is 1.83 bits per heavy atom. The van der Waals surface area contributed by atoms with Crippen LogP contribution < -0.4 is 4.80 Å². The number of phenols is 3. The zero-order valence-electron chi connectivity index (χ0n) is 13.6. The summed E-state index contributed by atoms with van der Waals surface area (Å²) in [6, 6.07) is 2.94. The van der Waals surface area contributed by atoms with E-state index < -0.39 is 11.5 Å². The summed E-state index contributed by atoms with van der Waals surface area (Å²) in [4.78, 5) is 5.43. The molecule has 0 aliphatic heterocycles. The molecule has 2 aromatic rings. The molecule has 0 saturated heterocycles. The van der Waals surface area contributed by atoms with Crippen LogP contribution in [0.15, 0.2) is 27.6 Å². The number of thiazole rings is 1. The molecular formula is C16H21N3O3S. The first-order valence-electron chi connectivity index (χ1n) is 7.30. The Balaban J connectivity index is 2.42. The van der Waals surface area contributed by atoms with Gasteiger partial charge in [-0.1, -0.05) is 13.8 Å². The largest absolute Gasteiger partial charge is 0.504 e. The first-order valence-corrected chi connectivity index (χ1v) is 8.18. The summed E-state index contributed by atoms with van der Waals surface area (Å²) in [5, 5.41) is 35.0. The number of aromatic nitrogens is 1. The molecule has 23 heavy (non-hydrogen) atoms. The highest BCUT2D eigenvalue weighted by Gasteiger charge is 2.10. The molecule has 0 fully saturated rings. The van der Waals surface area contributed by atoms with Crippen LogP contribution >= 0.6 is 11.3 Å². The second-order valence-electron chi connectivity index (χ2n) is 5.70. The average Bonchev–Trinajstić information content (AvgIpc) is 2.84. The molecule has 0 spiro atoms. The van der Waals surface area contributed by atoms with Gasteiger partial charge in [0.15, 0.2) is 11.5 Å². The van der Waals surface area contributed by atoms with Gasteiger partial charge in [-0.25, -0.2) is 4.68 Å². The topological polar surface area (TPSA) is 90.3 Å². The van der Waals surface area contributed by atoms with Gasteiger partial charge in [-0.3, -0.25) is 4.99 Å². The summed E-state index contributed by atoms with van der Waals surface area (Å²) < 4.78 is 1.69. The van der Waals surface area contributed by atoms with Gasteiger partial charge >= 0.3 is 0 Å². The molecule has 1 unspecified atom stereocenters. The van der Waals surface area contributed by atoms with Gasteiger partial charge in [0.1, 0.15) is 0 Å². The van der Waals surface area contributed by atoms with Crippen LogP contribution in [0.25, 0.3) is 0 Å². The Bertz CT molecular complexity index is 790. The Hall–Kier alpha value is -2.28. The lowest BCUT2D eigenvalue weighted by Crippen LogP contribution is -2.18. The van der Waals surface area contributed by atoms with Crippen molar-refractivity contribution in [2.75, 3.05) is 0 Å². The van der Waals surface area contributed by atoms with Gasteiger partial charge in [-0.2, -0.15) is 5.10 Å². The SMILES string of the molecule is Cc1cs/c(=N\C(C)C(C)C)n1/N=C/c1ccc(O)c(O)c1O. The van der Waals surface area contributed by atoms with E-state index in [2.05, 4.69) is 30.9 Å². The van der Waals surface area contributed by atoms with Crippen LogP contribution in [0, 0.1) is 12.8 Å². The summed E-state index contributed by atoms with van der Waals surface area (Å²) >= 11 is 1.50. The van der Waals surface area contributed by atoms with Gasteiger partial charge in [0.2, 0.25) is 10.6 Å². The van der Waals surface area contributed by atoms with E-state index in [1.807, 2.05) is 12.3 Å². The predicted molar refractivity (Wildman–Crippen MR) is 91.3 cm³/mol. The fraction of sp³-hybridized carbons (Fsp3) is 0.375. The standard InChI is InChI=1S/C16H21N3O3S/c1-9(2)11(4)18-16-19(10(3)8-23-16)17-7-12-5-6-13(20)15(22)14(12)21/h5-9,11,20-22H,1-4H3/b17-7+,18-16-. The van der Waals surface area contributed by atoms with Crippen LogP contribution in [0.4, 0.5) is 0 Å². The Morgan fingerprint density at radius 1 is 1.13 bits per heavy atom. The highest BCUT2D eigenvalue weighted by molar-refractivity contribution is 7.07. The Kier molecular flexibility index (Phi) is 5.10. The van der Waals surface area contributed by atoms with Crippen molar-refractivity contribution in [3.05, 3.63) is 33.6 Å². The number of aryl methyl sites for hydroxylation is 1. The van der Waals surface area contributed by atoms with Gasteiger partial charge in [0.25, 0.3) is 0 Å². The minimum absolute atomic E-state index is 0.167. The van der Waals surface area contributed by atoms with Gasteiger partial charge in [0.05, 0.1) is 18.0 Å². The fourth-order valence-corrected chi connectivity index (χ4v) is 2.64. The number of aromatic hydroxyl groups is 3. The Labute approximate surface area is 138 Å². The van der Waals surface area contributed by atoms with Crippen molar-refractivity contribution >= 4 is 17.6 Å². The lowest BCUT2D eigenvalue weighted by atomic mass is 10.1. The summed E-state index contributed by atoms with van der Waals surface area (Å²) in [7, 11) is 0. The molecular weight excluding hydrogens is 314 g/mol. The quantitative estimate of drug-likeness (QED) is 0.593. The molecule has 0 saturated carbocycles. The second kappa shape index (κ2) is 6.87. The van der Waals surface area contributed by atoms with Crippen LogP contribution in [0.2, 0.25) is 0 Å². The van der Waals surface area contributed by atoms with Crippen LogP contribution in [0.1, 0.15) is 32.0 Å². The number of hydrogen-bond donors (Lipinski definition) is 3. The van der Waals surface area contributed by atoms with Crippen molar-refractivity contribution < 1.29 is 15.3 Å². The van der Waals surface area contributed by atoms with Gasteiger partial charge in [-0.05, 0) is 31.9 Å². The highest BCUT2D eigenvalue weighted by Crippen LogP contribution is 2.36. The molecule has 6 nitrogen and oxygen atoms in total. The smallest absolute Gasteiger partial charge is 0.206 e. The number of hydrogen-bond acceptors (Lipinski definition) is 6. The van der Waals surface area contributed by atoms with Crippen LogP contribution in [0.5, 0.6) is 17.2 Å². The molecule has 1 heterocycles. The lowest BCUT2D eigenvalue weighted by molar-refractivity contribution is 0.367. The van der Waals surface area contributed by atoms with Crippen LogP contribution in [-0.2, 0) is 0 Å². The number of phenolic OH excluding ortho intramolecular Hbond substituents is 3. The van der Waals surface area contributed by atoms with E-state index in [4.69, 9.17) is 0 Å². The molecule has 3 N–H and O–H groups in total. The molecule has 0 aliphatic carbocycles. The molecule has 2 rings (SSSR count). The van der Waals surface area contributed by atoms with Crippen molar-refractivity contribution in [2.24, 2.45) is 16.0 Å². The van der Waals surface area contributed by atoms with E-state index in [1.165, 1.54) is 29.7 Å². The number of rotatable bonds is 4. The third-order valence-electron chi connectivity index (χ3n) is 3.60. The molecule has 0 aliphatic rings. The van der Waals surface area contributed by atoms with Crippen molar-refractivity contribution in [2.45, 2.75) is 33.7 Å². The summed E-state index contributed by atoms with van der Waals surface area (Å²) in [6.45, 7) is 8.19. The summed E-state index contributed by atoms with van der Waals surface area (Å²) in [5.41, 5.74) is 1.23. The minimum atomic E-state index is -0.556. The number of nitrogens with zero attached hydrogens (tertiary/aromatic N) is 3. The highest BCUT2D eigenvalue weighted by atomic mass is 32.1. The van der Waals surface area contributed by atoms with E-state index in [0.717, 1.165) is 10.5 Å². The number of benzene rings is 1. The third-order valence-corrected chi connectivity index (χ3v) is 4.55. The Morgan fingerprint density at radius 3 is 2.48 bits per heavy atom. The zero-order valence-corrected chi connectivity index (χ0v) is 14.4. The lowest BCUT2D eigenvalue weighted by Gasteiger charge is -2.09. The first kappa shape index (κ1) is 17.1.